The lowest BCUT2D eigenvalue weighted by atomic mass is 10.00. The molecule has 0 aliphatic carbocycles. The van der Waals surface area contributed by atoms with E-state index in [0.717, 1.165) is 37.1 Å². The number of benzene rings is 2. The fourth-order valence-corrected chi connectivity index (χ4v) is 4.17. The predicted molar refractivity (Wildman–Crippen MR) is 103 cm³/mol. The molecule has 2 heterocycles. The molecular weight excluding hydrogens is 355 g/mol. The molecule has 0 radical (unpaired) electrons. The third kappa shape index (κ3) is 3.05. The molecular formula is C20H21Cl2N2O+. The molecule has 5 heteroatoms. The molecule has 4 rings (SSSR count). The van der Waals surface area contributed by atoms with Crippen LogP contribution < -0.4 is 4.90 Å². The molecule has 0 aromatic heterocycles. The monoisotopic (exact) mass is 375 g/mol. The maximum absolute atomic E-state index is 11.7. The predicted octanol–water partition coefficient (Wildman–Crippen LogP) is 4.64. The first-order valence-electron chi connectivity index (χ1n) is 8.73. The summed E-state index contributed by atoms with van der Waals surface area (Å²) >= 11 is 12.1. The summed E-state index contributed by atoms with van der Waals surface area (Å²) in [6, 6.07) is 15.2. The van der Waals surface area contributed by atoms with Crippen molar-refractivity contribution >= 4 is 34.7 Å². The number of aliphatic hydroxyl groups is 1. The van der Waals surface area contributed by atoms with Crippen molar-refractivity contribution in [3.63, 3.8) is 0 Å². The molecule has 2 aliphatic heterocycles. The van der Waals surface area contributed by atoms with Crippen molar-refractivity contribution in [3.8, 4) is 0 Å². The number of halogens is 2. The van der Waals surface area contributed by atoms with Gasteiger partial charge in [-0.2, -0.15) is 4.90 Å². The summed E-state index contributed by atoms with van der Waals surface area (Å²) in [5, 5.41) is 13.1. The number of hydrogen-bond donors (Lipinski definition) is 1. The highest BCUT2D eigenvalue weighted by molar-refractivity contribution is 6.30. The normalized spacial score (nSPS) is 23.6. The molecule has 0 amide bonds. The van der Waals surface area contributed by atoms with Crippen molar-refractivity contribution in [1.82, 2.24) is 0 Å². The van der Waals surface area contributed by atoms with Gasteiger partial charge in [-0.15, -0.1) is 0 Å². The second-order valence-electron chi connectivity index (χ2n) is 6.78. The van der Waals surface area contributed by atoms with E-state index in [2.05, 4.69) is 9.48 Å². The zero-order valence-corrected chi connectivity index (χ0v) is 15.5. The Morgan fingerprint density at radius 3 is 2.20 bits per heavy atom. The Balaban J connectivity index is 1.83. The minimum absolute atomic E-state index is 0.562. The molecule has 0 unspecified atom stereocenters. The quantitative estimate of drug-likeness (QED) is 0.773. The number of amidine groups is 1. The van der Waals surface area contributed by atoms with E-state index < -0.39 is 5.72 Å². The highest BCUT2D eigenvalue weighted by Crippen LogP contribution is 2.38. The fourth-order valence-electron chi connectivity index (χ4n) is 3.91. The molecule has 0 spiro atoms. The molecule has 130 valence electrons. The Labute approximate surface area is 158 Å². The topological polar surface area (TPSA) is 26.5 Å². The molecule has 25 heavy (non-hydrogen) atoms. The van der Waals surface area contributed by atoms with E-state index >= 15 is 0 Å². The lowest BCUT2D eigenvalue weighted by molar-refractivity contribution is -0.534. The van der Waals surface area contributed by atoms with Crippen molar-refractivity contribution < 1.29 is 9.68 Å². The molecule has 2 aromatic carbocycles. The van der Waals surface area contributed by atoms with Crippen LogP contribution in [0.4, 0.5) is 5.69 Å². The smallest absolute Gasteiger partial charge is 0.275 e. The largest absolute Gasteiger partial charge is 0.346 e. The van der Waals surface area contributed by atoms with Crippen LogP contribution in [-0.4, -0.2) is 28.6 Å². The summed E-state index contributed by atoms with van der Waals surface area (Å²) in [4.78, 5) is 2.08. The van der Waals surface area contributed by atoms with Crippen LogP contribution in [0.25, 0.3) is 0 Å². The van der Waals surface area contributed by atoms with Crippen LogP contribution in [0.2, 0.25) is 10.0 Å². The van der Waals surface area contributed by atoms with E-state index in [1.807, 2.05) is 48.5 Å². The van der Waals surface area contributed by atoms with Crippen molar-refractivity contribution in [2.75, 3.05) is 18.0 Å². The minimum Gasteiger partial charge on any atom is -0.346 e. The summed E-state index contributed by atoms with van der Waals surface area (Å²) < 4.78 is 2.33. The molecule has 0 bridgehead atoms. The Bertz CT molecular complexity index is 801. The van der Waals surface area contributed by atoms with Crippen LogP contribution in [0.15, 0.2) is 48.5 Å². The average molecular weight is 376 g/mol. The summed E-state index contributed by atoms with van der Waals surface area (Å²) in [7, 11) is 0. The number of hydrogen-bond acceptors (Lipinski definition) is 2. The summed E-state index contributed by atoms with van der Waals surface area (Å²) in [5.74, 6) is 1.19. The van der Waals surface area contributed by atoms with E-state index in [-0.39, 0.29) is 0 Å². The van der Waals surface area contributed by atoms with E-state index in [1.54, 1.807) is 0 Å². The maximum Gasteiger partial charge on any atom is 0.275 e. The molecule has 1 atom stereocenters. The van der Waals surface area contributed by atoms with E-state index in [4.69, 9.17) is 23.2 Å². The Hall–Kier alpha value is -1.55. The van der Waals surface area contributed by atoms with Gasteiger partial charge in [-0.1, -0.05) is 35.3 Å². The number of anilines is 1. The molecule has 3 nitrogen and oxygen atoms in total. The van der Waals surface area contributed by atoms with Crippen LogP contribution in [0.3, 0.4) is 0 Å². The maximum atomic E-state index is 11.7. The standard InChI is InChI=1S/C20H21Cl2N2O/c21-16-7-5-15(6-8-16)20(25)14-23-13-3-1-2-4-19(23)24(20)18-11-9-17(22)10-12-18/h5-12,25H,1-4,13-14H2/q+1/t20-/m1/s1. The van der Waals surface area contributed by atoms with Gasteiger partial charge >= 0.3 is 0 Å². The van der Waals surface area contributed by atoms with Crippen LogP contribution >= 0.6 is 23.2 Å². The minimum atomic E-state index is -1.11. The van der Waals surface area contributed by atoms with Gasteiger partial charge in [0, 0.05) is 22.0 Å². The third-order valence-corrected chi connectivity index (χ3v) is 5.63. The summed E-state index contributed by atoms with van der Waals surface area (Å²) in [6.07, 6.45) is 4.51. The van der Waals surface area contributed by atoms with Gasteiger partial charge in [0.15, 0.2) is 6.54 Å². The van der Waals surface area contributed by atoms with Crippen molar-refractivity contribution in [3.05, 3.63) is 64.1 Å². The zero-order valence-electron chi connectivity index (χ0n) is 14.0. The lowest BCUT2D eigenvalue weighted by Crippen LogP contribution is -2.47. The van der Waals surface area contributed by atoms with E-state index in [0.29, 0.717) is 16.6 Å². The zero-order chi connectivity index (χ0) is 17.4. The average Bonchev–Trinajstić information content (AvgIpc) is 2.74. The Morgan fingerprint density at radius 2 is 1.52 bits per heavy atom. The SMILES string of the molecule is O[C@@]1(c2ccc(Cl)cc2)C[N+]2=C(CCCCC2)N1c1ccc(Cl)cc1. The lowest BCUT2D eigenvalue weighted by Gasteiger charge is -2.29. The Kier molecular flexibility index (Phi) is 4.48. The van der Waals surface area contributed by atoms with Crippen LogP contribution in [-0.2, 0) is 5.72 Å². The summed E-state index contributed by atoms with van der Waals surface area (Å²) in [6.45, 7) is 1.54. The first-order chi connectivity index (χ1) is 12.1. The van der Waals surface area contributed by atoms with Gasteiger partial charge in [0.1, 0.15) is 5.69 Å². The van der Waals surface area contributed by atoms with Crippen LogP contribution in [0.1, 0.15) is 31.2 Å². The fraction of sp³-hybridized carbons (Fsp3) is 0.350. The molecule has 2 aliphatic rings. The first kappa shape index (κ1) is 16.9. The van der Waals surface area contributed by atoms with Crippen LogP contribution in [0, 0.1) is 0 Å². The second-order valence-corrected chi connectivity index (χ2v) is 7.66. The molecule has 0 saturated heterocycles. The molecule has 2 aromatic rings. The highest BCUT2D eigenvalue weighted by atomic mass is 35.5. The van der Waals surface area contributed by atoms with Gasteiger partial charge < -0.3 is 5.11 Å². The van der Waals surface area contributed by atoms with E-state index in [9.17, 15) is 5.11 Å². The van der Waals surface area contributed by atoms with E-state index in [1.165, 1.54) is 12.3 Å². The van der Waals surface area contributed by atoms with Gasteiger partial charge in [0.05, 0.1) is 6.54 Å². The molecule has 0 fully saturated rings. The molecule has 0 saturated carbocycles. The number of rotatable bonds is 2. The third-order valence-electron chi connectivity index (χ3n) is 5.12. The van der Waals surface area contributed by atoms with Crippen molar-refractivity contribution in [2.45, 2.75) is 31.4 Å². The van der Waals surface area contributed by atoms with Crippen molar-refractivity contribution in [1.29, 1.82) is 0 Å². The number of nitrogens with zero attached hydrogens (tertiary/aromatic N) is 2. The van der Waals surface area contributed by atoms with Crippen LogP contribution in [0.5, 0.6) is 0 Å². The van der Waals surface area contributed by atoms with Gasteiger partial charge in [-0.05, 0) is 55.7 Å². The van der Waals surface area contributed by atoms with Gasteiger partial charge in [0.2, 0.25) is 0 Å². The second kappa shape index (κ2) is 6.64. The van der Waals surface area contributed by atoms with Crippen molar-refractivity contribution in [2.24, 2.45) is 0 Å². The first-order valence-corrected chi connectivity index (χ1v) is 9.48. The summed E-state index contributed by atoms with van der Waals surface area (Å²) in [5.41, 5.74) is 0.708. The van der Waals surface area contributed by atoms with Gasteiger partial charge in [-0.25, -0.2) is 0 Å². The molecule has 1 N–H and O–H groups in total. The van der Waals surface area contributed by atoms with Gasteiger partial charge in [0.25, 0.3) is 11.6 Å². The van der Waals surface area contributed by atoms with Gasteiger partial charge in [-0.3, -0.25) is 4.58 Å². The highest BCUT2D eigenvalue weighted by Gasteiger charge is 2.53. The Morgan fingerprint density at radius 1 is 0.880 bits per heavy atom.